The van der Waals surface area contributed by atoms with Crippen LogP contribution < -0.4 is 10.2 Å². The Morgan fingerprint density at radius 2 is 1.74 bits per heavy atom. The van der Waals surface area contributed by atoms with E-state index in [1.807, 2.05) is 30.3 Å². The van der Waals surface area contributed by atoms with Crippen molar-refractivity contribution in [2.24, 2.45) is 0 Å². The SMILES string of the molecule is Cc1ccc(C2NC(=O)CN2c2ccccc2)cc1. The van der Waals surface area contributed by atoms with Crippen molar-refractivity contribution in [2.75, 3.05) is 11.4 Å². The third kappa shape index (κ3) is 2.32. The summed E-state index contributed by atoms with van der Waals surface area (Å²) in [6, 6.07) is 18.3. The van der Waals surface area contributed by atoms with Gasteiger partial charge in [-0.1, -0.05) is 48.0 Å². The van der Waals surface area contributed by atoms with Gasteiger partial charge < -0.3 is 10.2 Å². The molecule has 1 saturated heterocycles. The molecule has 1 fully saturated rings. The molecule has 0 aromatic heterocycles. The number of carbonyl (C=O) groups excluding carboxylic acids is 1. The number of anilines is 1. The third-order valence-electron chi connectivity index (χ3n) is 3.40. The van der Waals surface area contributed by atoms with Crippen molar-refractivity contribution >= 4 is 11.6 Å². The molecule has 2 aromatic rings. The molecule has 0 radical (unpaired) electrons. The lowest BCUT2D eigenvalue weighted by Gasteiger charge is -2.25. The monoisotopic (exact) mass is 252 g/mol. The van der Waals surface area contributed by atoms with Crippen LogP contribution in [-0.4, -0.2) is 12.5 Å². The summed E-state index contributed by atoms with van der Waals surface area (Å²) in [5, 5.41) is 3.03. The molecule has 96 valence electrons. The Labute approximate surface area is 112 Å². The van der Waals surface area contributed by atoms with Crippen LogP contribution in [0.25, 0.3) is 0 Å². The van der Waals surface area contributed by atoms with Crippen molar-refractivity contribution < 1.29 is 4.79 Å². The number of nitrogens with one attached hydrogen (secondary N) is 1. The van der Waals surface area contributed by atoms with E-state index in [1.54, 1.807) is 0 Å². The summed E-state index contributed by atoms with van der Waals surface area (Å²) >= 11 is 0. The topological polar surface area (TPSA) is 32.3 Å². The average molecular weight is 252 g/mol. The van der Waals surface area contributed by atoms with Crippen LogP contribution in [0.3, 0.4) is 0 Å². The summed E-state index contributed by atoms with van der Waals surface area (Å²) < 4.78 is 0. The van der Waals surface area contributed by atoms with Crippen molar-refractivity contribution in [3.63, 3.8) is 0 Å². The van der Waals surface area contributed by atoms with E-state index in [-0.39, 0.29) is 12.1 Å². The molecule has 1 aliphatic heterocycles. The molecule has 1 heterocycles. The quantitative estimate of drug-likeness (QED) is 0.891. The van der Waals surface area contributed by atoms with Gasteiger partial charge in [0.15, 0.2) is 0 Å². The highest BCUT2D eigenvalue weighted by Gasteiger charge is 2.30. The average Bonchev–Trinajstić information content (AvgIpc) is 2.83. The largest absolute Gasteiger partial charge is 0.338 e. The molecular formula is C16H16N2O. The van der Waals surface area contributed by atoms with Gasteiger partial charge in [0.05, 0.1) is 6.54 Å². The van der Waals surface area contributed by atoms with Crippen molar-refractivity contribution in [1.82, 2.24) is 5.32 Å². The summed E-state index contributed by atoms with van der Waals surface area (Å²) in [5.41, 5.74) is 3.39. The smallest absolute Gasteiger partial charge is 0.241 e. The second-order valence-electron chi connectivity index (χ2n) is 4.84. The second kappa shape index (κ2) is 4.76. The van der Waals surface area contributed by atoms with Crippen LogP contribution in [0.2, 0.25) is 0 Å². The number of benzene rings is 2. The van der Waals surface area contributed by atoms with Crippen LogP contribution in [0.5, 0.6) is 0 Å². The Hall–Kier alpha value is -2.29. The van der Waals surface area contributed by atoms with Gasteiger partial charge in [0.1, 0.15) is 6.17 Å². The molecule has 1 unspecified atom stereocenters. The van der Waals surface area contributed by atoms with Gasteiger partial charge in [-0.15, -0.1) is 0 Å². The van der Waals surface area contributed by atoms with Gasteiger partial charge in [0.2, 0.25) is 5.91 Å². The molecule has 0 spiro atoms. The van der Waals surface area contributed by atoms with Crippen LogP contribution in [0.1, 0.15) is 17.3 Å². The number of para-hydroxylation sites is 1. The van der Waals surface area contributed by atoms with Crippen LogP contribution in [0.4, 0.5) is 5.69 Å². The van der Waals surface area contributed by atoms with Gasteiger partial charge in [-0.25, -0.2) is 0 Å². The van der Waals surface area contributed by atoms with Crippen LogP contribution in [0.15, 0.2) is 54.6 Å². The normalized spacial score (nSPS) is 18.5. The standard InChI is InChI=1S/C16H16N2O/c1-12-7-9-13(10-8-12)16-17-15(19)11-18(16)14-5-3-2-4-6-14/h2-10,16H,11H2,1H3,(H,17,19). The number of aryl methyl sites for hydroxylation is 1. The number of hydrogen-bond donors (Lipinski definition) is 1. The Morgan fingerprint density at radius 3 is 2.42 bits per heavy atom. The van der Waals surface area contributed by atoms with E-state index >= 15 is 0 Å². The first-order valence-electron chi connectivity index (χ1n) is 6.42. The number of rotatable bonds is 2. The molecule has 1 amide bonds. The maximum absolute atomic E-state index is 11.7. The van der Waals surface area contributed by atoms with Crippen molar-refractivity contribution in [1.29, 1.82) is 0 Å². The molecule has 1 atom stereocenters. The minimum atomic E-state index is -0.0736. The predicted molar refractivity (Wildman–Crippen MR) is 75.9 cm³/mol. The fourth-order valence-electron chi connectivity index (χ4n) is 2.39. The van der Waals surface area contributed by atoms with Gasteiger partial charge in [-0.3, -0.25) is 4.79 Å². The van der Waals surface area contributed by atoms with Gasteiger partial charge in [-0.2, -0.15) is 0 Å². The van der Waals surface area contributed by atoms with Gasteiger partial charge in [-0.05, 0) is 24.6 Å². The molecule has 0 aliphatic carbocycles. The molecule has 0 bridgehead atoms. The van der Waals surface area contributed by atoms with Crippen LogP contribution >= 0.6 is 0 Å². The molecule has 2 aromatic carbocycles. The number of carbonyl (C=O) groups is 1. The number of hydrogen-bond acceptors (Lipinski definition) is 2. The lowest BCUT2D eigenvalue weighted by molar-refractivity contribution is -0.118. The van der Waals surface area contributed by atoms with Crippen LogP contribution in [-0.2, 0) is 4.79 Å². The lowest BCUT2D eigenvalue weighted by atomic mass is 10.1. The molecule has 3 nitrogen and oxygen atoms in total. The maximum Gasteiger partial charge on any atom is 0.241 e. The van der Waals surface area contributed by atoms with Crippen molar-refractivity contribution in [2.45, 2.75) is 13.1 Å². The summed E-state index contributed by atoms with van der Waals surface area (Å²) in [6.07, 6.45) is -0.0736. The van der Waals surface area contributed by atoms with E-state index in [0.717, 1.165) is 11.3 Å². The highest BCUT2D eigenvalue weighted by atomic mass is 16.2. The minimum absolute atomic E-state index is 0.0643. The first-order valence-corrected chi connectivity index (χ1v) is 6.42. The Balaban J connectivity index is 1.95. The Kier molecular flexibility index (Phi) is 2.95. The Bertz CT molecular complexity index is 577. The van der Waals surface area contributed by atoms with E-state index in [2.05, 4.69) is 41.4 Å². The van der Waals surface area contributed by atoms with E-state index in [0.29, 0.717) is 6.54 Å². The third-order valence-corrected chi connectivity index (χ3v) is 3.40. The summed E-state index contributed by atoms with van der Waals surface area (Å²) in [5.74, 6) is 0.0643. The molecular weight excluding hydrogens is 236 g/mol. The second-order valence-corrected chi connectivity index (χ2v) is 4.84. The van der Waals surface area contributed by atoms with E-state index in [4.69, 9.17) is 0 Å². The summed E-state index contributed by atoms with van der Waals surface area (Å²) in [7, 11) is 0. The van der Waals surface area contributed by atoms with Crippen molar-refractivity contribution in [3.05, 3.63) is 65.7 Å². The highest BCUT2D eigenvalue weighted by molar-refractivity contribution is 5.85. The zero-order chi connectivity index (χ0) is 13.2. The number of amides is 1. The minimum Gasteiger partial charge on any atom is -0.338 e. The predicted octanol–water partition coefficient (Wildman–Crippen LogP) is 2.63. The molecule has 3 heteroatoms. The first-order chi connectivity index (χ1) is 9.24. The zero-order valence-corrected chi connectivity index (χ0v) is 10.8. The highest BCUT2D eigenvalue weighted by Crippen LogP contribution is 2.28. The summed E-state index contributed by atoms with van der Waals surface area (Å²) in [4.78, 5) is 13.8. The maximum atomic E-state index is 11.7. The van der Waals surface area contributed by atoms with Gasteiger partial charge in [0, 0.05) is 5.69 Å². The van der Waals surface area contributed by atoms with E-state index in [1.165, 1.54) is 5.56 Å². The van der Waals surface area contributed by atoms with Gasteiger partial charge in [0.25, 0.3) is 0 Å². The number of nitrogens with zero attached hydrogens (tertiary/aromatic N) is 1. The van der Waals surface area contributed by atoms with Crippen LogP contribution in [0, 0.1) is 6.92 Å². The van der Waals surface area contributed by atoms with Gasteiger partial charge >= 0.3 is 0 Å². The summed E-state index contributed by atoms with van der Waals surface area (Å²) in [6.45, 7) is 2.47. The Morgan fingerprint density at radius 1 is 1.05 bits per heavy atom. The molecule has 19 heavy (non-hydrogen) atoms. The van der Waals surface area contributed by atoms with Crippen molar-refractivity contribution in [3.8, 4) is 0 Å². The van der Waals surface area contributed by atoms with E-state index < -0.39 is 0 Å². The molecule has 1 aliphatic rings. The fraction of sp³-hybridized carbons (Fsp3) is 0.188. The lowest BCUT2D eigenvalue weighted by Crippen LogP contribution is -2.27. The molecule has 0 saturated carbocycles. The molecule has 1 N–H and O–H groups in total. The first kappa shape index (κ1) is 11.8. The zero-order valence-electron chi connectivity index (χ0n) is 10.8. The molecule has 3 rings (SSSR count). The van der Waals surface area contributed by atoms with E-state index in [9.17, 15) is 4.79 Å². The fourth-order valence-corrected chi connectivity index (χ4v) is 2.39.